The minimum absolute atomic E-state index is 0.0184. The Bertz CT molecular complexity index is 334. The smallest absolute Gasteiger partial charge is 0.194 e. The molecule has 1 nitrogen and oxygen atoms in total. The van der Waals surface area contributed by atoms with E-state index in [4.69, 9.17) is 0 Å². The fraction of sp³-hybridized carbons (Fsp3) is 0.333. The summed E-state index contributed by atoms with van der Waals surface area (Å²) in [6, 6.07) is 2.27. The van der Waals surface area contributed by atoms with Crippen molar-refractivity contribution < 1.29 is 13.2 Å². The van der Waals surface area contributed by atoms with Crippen molar-refractivity contribution in [1.29, 1.82) is 0 Å². The summed E-state index contributed by atoms with van der Waals surface area (Å²) in [5.74, 6) is -3.57. The van der Waals surface area contributed by atoms with E-state index in [1.807, 2.05) is 0 Å². The van der Waals surface area contributed by atoms with Gasteiger partial charge in [-0.15, -0.1) is 0 Å². The monoisotopic (exact) mass is 187 g/mol. The quantitative estimate of drug-likeness (QED) is 0.661. The van der Waals surface area contributed by atoms with Gasteiger partial charge in [-0.2, -0.15) is 0 Å². The maximum atomic E-state index is 13.1. The first kappa shape index (κ1) is 8.56. The van der Waals surface area contributed by atoms with Crippen LogP contribution in [0.1, 0.15) is 11.5 Å². The van der Waals surface area contributed by atoms with Crippen LogP contribution in [0.2, 0.25) is 0 Å². The van der Waals surface area contributed by atoms with Crippen LogP contribution < -0.4 is 5.32 Å². The Kier molecular flexibility index (Phi) is 2.00. The van der Waals surface area contributed by atoms with Gasteiger partial charge >= 0.3 is 0 Å². The fourth-order valence-electron chi connectivity index (χ4n) is 1.36. The number of nitrogens with one attached hydrogen (secondary N) is 1. The summed E-state index contributed by atoms with van der Waals surface area (Å²) < 4.78 is 38.3. The Morgan fingerprint density at radius 2 is 1.77 bits per heavy atom. The van der Waals surface area contributed by atoms with Gasteiger partial charge in [0.15, 0.2) is 17.5 Å². The van der Waals surface area contributed by atoms with Crippen LogP contribution >= 0.6 is 0 Å². The zero-order chi connectivity index (χ0) is 9.42. The third-order valence-electron chi connectivity index (χ3n) is 2.29. The lowest BCUT2D eigenvalue weighted by Gasteiger charge is -2.27. The van der Waals surface area contributed by atoms with Gasteiger partial charge in [0.25, 0.3) is 0 Å². The first-order valence-electron chi connectivity index (χ1n) is 4.04. The third-order valence-corrected chi connectivity index (χ3v) is 2.29. The van der Waals surface area contributed by atoms with Crippen molar-refractivity contribution >= 4 is 0 Å². The Balaban J connectivity index is 2.41. The largest absolute Gasteiger partial charge is 0.315 e. The van der Waals surface area contributed by atoms with Crippen LogP contribution in [0.4, 0.5) is 13.2 Å². The Labute approximate surface area is 73.6 Å². The van der Waals surface area contributed by atoms with Crippen LogP contribution in [0.3, 0.4) is 0 Å². The maximum absolute atomic E-state index is 13.1. The lowest BCUT2D eigenvalue weighted by molar-refractivity contribution is 0.400. The SMILES string of the molecule is Fc1ccc(C2CNC2)c(F)c1F. The van der Waals surface area contributed by atoms with Crippen LogP contribution in [-0.4, -0.2) is 13.1 Å². The number of hydrogen-bond acceptors (Lipinski definition) is 1. The number of hydrogen-bond donors (Lipinski definition) is 1. The third kappa shape index (κ3) is 1.31. The average Bonchev–Trinajstić information content (AvgIpc) is 2.03. The summed E-state index contributed by atoms with van der Waals surface area (Å²) in [5, 5.41) is 2.94. The second-order valence-corrected chi connectivity index (χ2v) is 3.12. The van der Waals surface area contributed by atoms with E-state index in [2.05, 4.69) is 5.32 Å². The van der Waals surface area contributed by atoms with Gasteiger partial charge in [-0.1, -0.05) is 6.07 Å². The molecule has 0 amide bonds. The standard InChI is InChI=1S/C9H8F3N/c10-7-2-1-6(5-3-13-4-5)8(11)9(7)12/h1-2,5,13H,3-4H2. The molecule has 0 spiro atoms. The number of benzene rings is 1. The Morgan fingerprint density at radius 1 is 1.08 bits per heavy atom. The van der Waals surface area contributed by atoms with Crippen molar-refractivity contribution in [2.24, 2.45) is 0 Å². The fourth-order valence-corrected chi connectivity index (χ4v) is 1.36. The van der Waals surface area contributed by atoms with E-state index in [0.29, 0.717) is 13.1 Å². The summed E-state index contributed by atoms with van der Waals surface area (Å²) in [6.07, 6.45) is 0. The molecule has 1 aliphatic heterocycles. The van der Waals surface area contributed by atoms with Gasteiger partial charge in [0.1, 0.15) is 0 Å². The normalized spacial score (nSPS) is 17.2. The summed E-state index contributed by atoms with van der Waals surface area (Å²) in [4.78, 5) is 0. The van der Waals surface area contributed by atoms with Crippen molar-refractivity contribution in [2.75, 3.05) is 13.1 Å². The lowest BCUT2D eigenvalue weighted by atomic mass is 9.93. The van der Waals surface area contributed by atoms with Gasteiger partial charge in [0.2, 0.25) is 0 Å². The second-order valence-electron chi connectivity index (χ2n) is 3.12. The van der Waals surface area contributed by atoms with Crippen LogP contribution in [-0.2, 0) is 0 Å². The molecule has 2 rings (SSSR count). The average molecular weight is 187 g/mol. The van der Waals surface area contributed by atoms with E-state index >= 15 is 0 Å². The molecule has 1 aromatic carbocycles. The van der Waals surface area contributed by atoms with Gasteiger partial charge in [-0.05, 0) is 11.6 Å². The second kappa shape index (κ2) is 3.03. The zero-order valence-electron chi connectivity index (χ0n) is 6.78. The van der Waals surface area contributed by atoms with E-state index in [-0.39, 0.29) is 11.5 Å². The van der Waals surface area contributed by atoms with Crippen molar-refractivity contribution in [3.05, 3.63) is 35.1 Å². The summed E-state index contributed by atoms with van der Waals surface area (Å²) in [5.41, 5.74) is 0.262. The first-order chi connectivity index (χ1) is 6.20. The highest BCUT2D eigenvalue weighted by Crippen LogP contribution is 2.25. The number of rotatable bonds is 1. The topological polar surface area (TPSA) is 12.0 Å². The zero-order valence-corrected chi connectivity index (χ0v) is 6.78. The summed E-state index contributed by atoms with van der Waals surface area (Å²) in [7, 11) is 0. The van der Waals surface area contributed by atoms with E-state index in [1.54, 1.807) is 0 Å². The predicted octanol–water partition coefficient (Wildman–Crippen LogP) is 1.79. The molecule has 0 saturated carbocycles. The summed E-state index contributed by atoms with van der Waals surface area (Å²) in [6.45, 7) is 1.25. The van der Waals surface area contributed by atoms with E-state index < -0.39 is 17.5 Å². The van der Waals surface area contributed by atoms with Crippen LogP contribution in [0.25, 0.3) is 0 Å². The molecule has 1 N–H and O–H groups in total. The highest BCUT2D eigenvalue weighted by molar-refractivity contribution is 5.26. The first-order valence-corrected chi connectivity index (χ1v) is 4.04. The molecule has 0 radical (unpaired) electrons. The molecule has 0 aliphatic carbocycles. The van der Waals surface area contributed by atoms with Gasteiger partial charge < -0.3 is 5.32 Å². The molecule has 0 bridgehead atoms. The molecule has 0 atom stereocenters. The van der Waals surface area contributed by atoms with Crippen molar-refractivity contribution in [1.82, 2.24) is 5.32 Å². The van der Waals surface area contributed by atoms with Gasteiger partial charge in [-0.3, -0.25) is 0 Å². The predicted molar refractivity (Wildman–Crippen MR) is 41.9 cm³/mol. The molecule has 1 saturated heterocycles. The Hall–Kier alpha value is -1.03. The maximum Gasteiger partial charge on any atom is 0.194 e. The molecular weight excluding hydrogens is 179 g/mol. The van der Waals surface area contributed by atoms with Gasteiger partial charge in [0.05, 0.1) is 0 Å². The van der Waals surface area contributed by atoms with E-state index in [1.165, 1.54) is 6.07 Å². The molecule has 13 heavy (non-hydrogen) atoms. The molecule has 1 aliphatic rings. The molecule has 1 fully saturated rings. The van der Waals surface area contributed by atoms with Crippen LogP contribution in [0.15, 0.2) is 12.1 Å². The highest BCUT2D eigenvalue weighted by Gasteiger charge is 2.24. The van der Waals surface area contributed by atoms with Crippen molar-refractivity contribution in [3.63, 3.8) is 0 Å². The Morgan fingerprint density at radius 3 is 2.31 bits per heavy atom. The summed E-state index contributed by atoms with van der Waals surface area (Å²) >= 11 is 0. The molecular formula is C9H8F3N. The minimum atomic E-state index is -1.37. The van der Waals surface area contributed by atoms with Crippen LogP contribution in [0, 0.1) is 17.5 Å². The minimum Gasteiger partial charge on any atom is -0.315 e. The molecule has 0 unspecified atom stereocenters. The molecule has 1 heterocycles. The van der Waals surface area contributed by atoms with Crippen molar-refractivity contribution in [2.45, 2.75) is 5.92 Å². The van der Waals surface area contributed by atoms with Crippen molar-refractivity contribution in [3.8, 4) is 0 Å². The van der Waals surface area contributed by atoms with Gasteiger partial charge in [0, 0.05) is 19.0 Å². The molecule has 4 heteroatoms. The van der Waals surface area contributed by atoms with Crippen LogP contribution in [0.5, 0.6) is 0 Å². The van der Waals surface area contributed by atoms with E-state index in [0.717, 1.165) is 6.07 Å². The highest BCUT2D eigenvalue weighted by atomic mass is 19.2. The number of halogens is 3. The van der Waals surface area contributed by atoms with E-state index in [9.17, 15) is 13.2 Å². The lowest BCUT2D eigenvalue weighted by Crippen LogP contribution is -2.40. The molecule has 70 valence electrons. The van der Waals surface area contributed by atoms with Gasteiger partial charge in [-0.25, -0.2) is 13.2 Å². The molecule has 1 aromatic rings. The molecule has 0 aromatic heterocycles.